The molecule has 2 aromatic carbocycles. The molecule has 104 valence electrons. The highest BCUT2D eigenvalue weighted by atomic mass is 19.1. The van der Waals surface area contributed by atoms with E-state index in [1.807, 2.05) is 44.2 Å². The van der Waals surface area contributed by atoms with Gasteiger partial charge >= 0.3 is 0 Å². The number of carbonyl (C=O) groups is 1. The molecule has 0 N–H and O–H groups in total. The molecule has 0 bridgehead atoms. The number of amides is 1. The first kappa shape index (κ1) is 14.3. The van der Waals surface area contributed by atoms with Crippen LogP contribution in [0.15, 0.2) is 54.6 Å². The minimum atomic E-state index is -0.710. The Morgan fingerprint density at radius 1 is 1.00 bits per heavy atom. The number of rotatable bonds is 3. The van der Waals surface area contributed by atoms with Crippen LogP contribution in [0, 0.1) is 5.82 Å². The third-order valence-electron chi connectivity index (χ3n) is 3.55. The van der Waals surface area contributed by atoms with Crippen molar-refractivity contribution in [2.75, 3.05) is 11.9 Å². The lowest BCUT2D eigenvalue weighted by atomic mass is 9.83. The van der Waals surface area contributed by atoms with Gasteiger partial charge < -0.3 is 4.90 Å². The van der Waals surface area contributed by atoms with Gasteiger partial charge in [-0.05, 0) is 43.7 Å². The molecule has 0 aliphatic heterocycles. The van der Waals surface area contributed by atoms with E-state index < -0.39 is 5.41 Å². The summed E-state index contributed by atoms with van der Waals surface area (Å²) in [5.41, 5.74) is 0.928. The molecule has 20 heavy (non-hydrogen) atoms. The standard InChI is InChI=1S/C17H18FNO/c1-17(2,13-9-11-14(18)12-10-13)16(20)19(3)15-7-5-4-6-8-15/h4-12H,1-3H3. The van der Waals surface area contributed by atoms with E-state index in [0.29, 0.717) is 0 Å². The van der Waals surface area contributed by atoms with Gasteiger partial charge in [-0.2, -0.15) is 0 Å². The summed E-state index contributed by atoms with van der Waals surface area (Å²) < 4.78 is 13.0. The van der Waals surface area contributed by atoms with Crippen LogP contribution in [0.25, 0.3) is 0 Å². The number of hydrogen-bond donors (Lipinski definition) is 0. The summed E-state index contributed by atoms with van der Waals surface area (Å²) in [6.45, 7) is 3.70. The van der Waals surface area contributed by atoms with Crippen molar-refractivity contribution in [2.45, 2.75) is 19.3 Å². The molecule has 0 unspecified atom stereocenters. The molecular weight excluding hydrogens is 253 g/mol. The fourth-order valence-corrected chi connectivity index (χ4v) is 2.18. The van der Waals surface area contributed by atoms with E-state index in [4.69, 9.17) is 0 Å². The molecule has 0 atom stereocenters. The highest BCUT2D eigenvalue weighted by Crippen LogP contribution is 2.27. The maximum atomic E-state index is 13.0. The number of para-hydroxylation sites is 1. The molecule has 0 aromatic heterocycles. The molecule has 0 heterocycles. The fraction of sp³-hybridized carbons (Fsp3) is 0.235. The van der Waals surface area contributed by atoms with Crippen molar-refractivity contribution in [3.8, 4) is 0 Å². The van der Waals surface area contributed by atoms with Crippen LogP contribution in [-0.2, 0) is 10.2 Å². The molecule has 3 heteroatoms. The third-order valence-corrected chi connectivity index (χ3v) is 3.55. The minimum Gasteiger partial charge on any atom is -0.315 e. The van der Waals surface area contributed by atoms with Crippen molar-refractivity contribution in [1.29, 1.82) is 0 Å². The molecule has 0 saturated heterocycles. The minimum absolute atomic E-state index is 0.0321. The molecular formula is C17H18FNO. The molecule has 0 fully saturated rings. The number of halogens is 1. The summed E-state index contributed by atoms with van der Waals surface area (Å²) in [5, 5.41) is 0. The van der Waals surface area contributed by atoms with Gasteiger partial charge in [0.25, 0.3) is 0 Å². The summed E-state index contributed by atoms with van der Waals surface area (Å²) >= 11 is 0. The van der Waals surface area contributed by atoms with Crippen molar-refractivity contribution in [1.82, 2.24) is 0 Å². The first-order valence-electron chi connectivity index (χ1n) is 6.52. The second kappa shape index (κ2) is 5.45. The average molecular weight is 271 g/mol. The van der Waals surface area contributed by atoms with Crippen LogP contribution in [0.3, 0.4) is 0 Å². The zero-order valence-corrected chi connectivity index (χ0v) is 11.9. The number of likely N-dealkylation sites (N-methyl/N-ethyl adjacent to an activating group) is 1. The lowest BCUT2D eigenvalue weighted by Crippen LogP contribution is -2.41. The zero-order valence-electron chi connectivity index (χ0n) is 11.9. The smallest absolute Gasteiger partial charge is 0.236 e. The van der Waals surface area contributed by atoms with Crippen molar-refractivity contribution in [3.63, 3.8) is 0 Å². The fourth-order valence-electron chi connectivity index (χ4n) is 2.18. The largest absolute Gasteiger partial charge is 0.315 e. The van der Waals surface area contributed by atoms with Gasteiger partial charge in [0.1, 0.15) is 5.82 Å². The van der Waals surface area contributed by atoms with Gasteiger partial charge in [-0.15, -0.1) is 0 Å². The van der Waals surface area contributed by atoms with Gasteiger partial charge in [-0.25, -0.2) is 4.39 Å². The number of nitrogens with zero attached hydrogens (tertiary/aromatic N) is 1. The van der Waals surface area contributed by atoms with Crippen LogP contribution in [0.5, 0.6) is 0 Å². The first-order chi connectivity index (χ1) is 9.43. The SMILES string of the molecule is CN(C(=O)C(C)(C)c1ccc(F)cc1)c1ccccc1. The number of benzene rings is 2. The summed E-state index contributed by atoms with van der Waals surface area (Å²) in [5.74, 6) is -0.330. The van der Waals surface area contributed by atoms with Gasteiger partial charge in [-0.1, -0.05) is 30.3 Å². The van der Waals surface area contributed by atoms with Crippen LogP contribution >= 0.6 is 0 Å². The van der Waals surface area contributed by atoms with Crippen molar-refractivity contribution < 1.29 is 9.18 Å². The lowest BCUT2D eigenvalue weighted by Gasteiger charge is -2.30. The van der Waals surface area contributed by atoms with E-state index in [1.54, 1.807) is 24.1 Å². The Morgan fingerprint density at radius 3 is 2.10 bits per heavy atom. The van der Waals surface area contributed by atoms with Crippen LogP contribution in [0.1, 0.15) is 19.4 Å². The van der Waals surface area contributed by atoms with Gasteiger partial charge in [-0.3, -0.25) is 4.79 Å². The van der Waals surface area contributed by atoms with Gasteiger partial charge in [0.2, 0.25) is 5.91 Å². The quantitative estimate of drug-likeness (QED) is 0.832. The lowest BCUT2D eigenvalue weighted by molar-refractivity contribution is -0.122. The Kier molecular flexibility index (Phi) is 3.89. The third kappa shape index (κ3) is 2.72. The molecule has 1 amide bonds. The molecule has 2 aromatic rings. The maximum Gasteiger partial charge on any atom is 0.236 e. The van der Waals surface area contributed by atoms with E-state index >= 15 is 0 Å². The Hall–Kier alpha value is -2.16. The molecule has 0 spiro atoms. The first-order valence-corrected chi connectivity index (χ1v) is 6.52. The highest BCUT2D eigenvalue weighted by Gasteiger charge is 2.32. The van der Waals surface area contributed by atoms with E-state index in [0.717, 1.165) is 11.3 Å². The van der Waals surface area contributed by atoms with Crippen molar-refractivity contribution in [2.24, 2.45) is 0 Å². The summed E-state index contributed by atoms with van der Waals surface area (Å²) in [4.78, 5) is 14.3. The monoisotopic (exact) mass is 271 g/mol. The van der Waals surface area contributed by atoms with E-state index in [2.05, 4.69) is 0 Å². The molecule has 2 nitrogen and oxygen atoms in total. The van der Waals surface area contributed by atoms with Crippen LogP contribution < -0.4 is 4.90 Å². The average Bonchev–Trinajstić information content (AvgIpc) is 2.47. The summed E-state index contributed by atoms with van der Waals surface area (Å²) in [6.07, 6.45) is 0. The van der Waals surface area contributed by atoms with Crippen molar-refractivity contribution in [3.05, 3.63) is 66.0 Å². The van der Waals surface area contributed by atoms with E-state index in [1.165, 1.54) is 12.1 Å². The molecule has 0 aliphatic rings. The Morgan fingerprint density at radius 2 is 1.55 bits per heavy atom. The molecule has 0 aliphatic carbocycles. The normalized spacial score (nSPS) is 11.2. The topological polar surface area (TPSA) is 20.3 Å². The Bertz CT molecular complexity index is 590. The van der Waals surface area contributed by atoms with Crippen molar-refractivity contribution >= 4 is 11.6 Å². The predicted octanol–water partition coefficient (Wildman–Crippen LogP) is 3.77. The molecule has 2 rings (SSSR count). The van der Waals surface area contributed by atoms with Crippen LogP contribution in [0.4, 0.5) is 10.1 Å². The van der Waals surface area contributed by atoms with Gasteiger partial charge in [0.05, 0.1) is 5.41 Å². The second-order valence-corrected chi connectivity index (χ2v) is 5.33. The Balaban J connectivity index is 2.29. The Labute approximate surface area is 118 Å². The number of carbonyl (C=O) groups excluding carboxylic acids is 1. The zero-order chi connectivity index (χ0) is 14.8. The van der Waals surface area contributed by atoms with Gasteiger partial charge in [0.15, 0.2) is 0 Å². The summed E-state index contributed by atoms with van der Waals surface area (Å²) in [6, 6.07) is 15.6. The highest BCUT2D eigenvalue weighted by molar-refractivity contribution is 6.00. The number of hydrogen-bond acceptors (Lipinski definition) is 1. The predicted molar refractivity (Wildman–Crippen MR) is 79.3 cm³/mol. The van der Waals surface area contributed by atoms with Gasteiger partial charge in [0, 0.05) is 12.7 Å². The second-order valence-electron chi connectivity index (χ2n) is 5.33. The van der Waals surface area contributed by atoms with Crippen LogP contribution in [-0.4, -0.2) is 13.0 Å². The summed E-state index contributed by atoms with van der Waals surface area (Å²) in [7, 11) is 1.75. The maximum absolute atomic E-state index is 13.0. The molecule has 0 saturated carbocycles. The number of anilines is 1. The van der Waals surface area contributed by atoms with E-state index in [9.17, 15) is 9.18 Å². The van der Waals surface area contributed by atoms with Crippen LogP contribution in [0.2, 0.25) is 0 Å². The molecule has 0 radical (unpaired) electrons. The van der Waals surface area contributed by atoms with E-state index in [-0.39, 0.29) is 11.7 Å².